The first-order valence-electron chi connectivity index (χ1n) is 8.71. The molecule has 0 aromatic heterocycles. The lowest BCUT2D eigenvalue weighted by Gasteiger charge is -2.38. The summed E-state index contributed by atoms with van der Waals surface area (Å²) in [5.74, 6) is 0.773. The summed E-state index contributed by atoms with van der Waals surface area (Å²) in [6.45, 7) is 9.67. The zero-order chi connectivity index (χ0) is 15.5. The molecule has 3 atom stereocenters. The summed E-state index contributed by atoms with van der Waals surface area (Å²) >= 11 is 0. The highest BCUT2D eigenvalue weighted by molar-refractivity contribution is 5.85. The Morgan fingerprint density at radius 1 is 1.26 bits per heavy atom. The van der Waals surface area contributed by atoms with Crippen LogP contribution in [0.3, 0.4) is 0 Å². The predicted octanol–water partition coefficient (Wildman–Crippen LogP) is 2.97. The molecule has 1 amide bonds. The Labute approximate surface area is 154 Å². The Hall–Kier alpha value is -0.0300. The van der Waals surface area contributed by atoms with Crippen LogP contribution >= 0.6 is 24.8 Å². The van der Waals surface area contributed by atoms with E-state index >= 15 is 0 Å². The molecular weight excluding hydrogens is 333 g/mol. The summed E-state index contributed by atoms with van der Waals surface area (Å²) in [7, 11) is 0. The number of nitrogens with one attached hydrogen (secondary N) is 1. The average Bonchev–Trinajstić information content (AvgIpc) is 2.44. The van der Waals surface area contributed by atoms with Gasteiger partial charge in [-0.2, -0.15) is 0 Å². The summed E-state index contributed by atoms with van der Waals surface area (Å²) in [6.07, 6.45) is 6.68. The van der Waals surface area contributed by atoms with Crippen LogP contribution in [0, 0.1) is 11.8 Å². The highest BCUT2D eigenvalue weighted by atomic mass is 35.5. The van der Waals surface area contributed by atoms with Gasteiger partial charge in [-0.1, -0.05) is 12.8 Å². The van der Waals surface area contributed by atoms with E-state index in [4.69, 9.17) is 5.73 Å². The van der Waals surface area contributed by atoms with Gasteiger partial charge in [0.2, 0.25) is 5.91 Å². The monoisotopic (exact) mass is 367 g/mol. The van der Waals surface area contributed by atoms with Crippen LogP contribution in [-0.4, -0.2) is 42.0 Å². The van der Waals surface area contributed by atoms with Crippen molar-refractivity contribution in [3.63, 3.8) is 0 Å². The zero-order valence-electron chi connectivity index (χ0n) is 14.8. The number of halogens is 2. The van der Waals surface area contributed by atoms with Gasteiger partial charge in [-0.3, -0.25) is 4.79 Å². The van der Waals surface area contributed by atoms with E-state index in [-0.39, 0.29) is 42.2 Å². The van der Waals surface area contributed by atoms with Gasteiger partial charge in [0, 0.05) is 24.7 Å². The molecule has 138 valence electrons. The molecule has 2 fully saturated rings. The van der Waals surface area contributed by atoms with E-state index in [2.05, 4.69) is 24.1 Å². The third-order valence-corrected chi connectivity index (χ3v) is 5.42. The Morgan fingerprint density at radius 3 is 2.57 bits per heavy atom. The molecule has 1 saturated heterocycles. The molecule has 0 aromatic carbocycles. The van der Waals surface area contributed by atoms with Gasteiger partial charge in [-0.05, 0) is 58.9 Å². The van der Waals surface area contributed by atoms with Gasteiger partial charge in [0.25, 0.3) is 0 Å². The van der Waals surface area contributed by atoms with Gasteiger partial charge in [0.05, 0.1) is 5.92 Å². The van der Waals surface area contributed by atoms with Gasteiger partial charge in [0.1, 0.15) is 0 Å². The highest BCUT2D eigenvalue weighted by Gasteiger charge is 2.37. The normalized spacial score (nSPS) is 31.9. The molecular formula is C17H35Cl2N3O. The molecule has 4 nitrogen and oxygen atoms in total. The van der Waals surface area contributed by atoms with Gasteiger partial charge < -0.3 is 16.0 Å². The van der Waals surface area contributed by atoms with E-state index in [9.17, 15) is 4.79 Å². The van der Waals surface area contributed by atoms with E-state index < -0.39 is 0 Å². The molecule has 2 aliphatic rings. The second-order valence-corrected chi connectivity index (χ2v) is 7.65. The standard InChI is InChI=1S/C17H33N3O.2ClH/c1-13(2)20-10-6-7-14(12-20)11-19-16(21)15-8-4-5-9-17(15,3)18;;/h13-15H,4-12,18H2,1-3H3,(H,19,21);2*1H. The van der Waals surface area contributed by atoms with Crippen LogP contribution < -0.4 is 11.1 Å². The number of carbonyl (C=O) groups excluding carboxylic acids is 1. The third kappa shape index (κ3) is 6.41. The first-order valence-corrected chi connectivity index (χ1v) is 8.71. The van der Waals surface area contributed by atoms with Crippen molar-refractivity contribution in [3.05, 3.63) is 0 Å². The Balaban J connectivity index is 0.00000242. The Morgan fingerprint density at radius 2 is 1.96 bits per heavy atom. The number of amides is 1. The van der Waals surface area contributed by atoms with Crippen LogP contribution in [-0.2, 0) is 4.79 Å². The van der Waals surface area contributed by atoms with Crippen molar-refractivity contribution >= 4 is 30.7 Å². The fourth-order valence-electron chi connectivity index (χ4n) is 3.89. The minimum atomic E-state index is -0.321. The van der Waals surface area contributed by atoms with Crippen molar-refractivity contribution in [3.8, 4) is 0 Å². The third-order valence-electron chi connectivity index (χ3n) is 5.42. The van der Waals surface area contributed by atoms with Gasteiger partial charge >= 0.3 is 0 Å². The predicted molar refractivity (Wildman–Crippen MR) is 101 cm³/mol. The van der Waals surface area contributed by atoms with Crippen molar-refractivity contribution in [1.82, 2.24) is 10.2 Å². The molecule has 0 radical (unpaired) electrons. The van der Waals surface area contributed by atoms with E-state index in [1.165, 1.54) is 19.4 Å². The van der Waals surface area contributed by atoms with Crippen LogP contribution in [0.4, 0.5) is 0 Å². The molecule has 0 bridgehead atoms. The fourth-order valence-corrected chi connectivity index (χ4v) is 3.89. The van der Waals surface area contributed by atoms with Crippen molar-refractivity contribution in [2.24, 2.45) is 17.6 Å². The van der Waals surface area contributed by atoms with Crippen molar-refractivity contribution < 1.29 is 4.79 Å². The first kappa shape index (κ1) is 23.0. The maximum atomic E-state index is 12.5. The first-order chi connectivity index (χ1) is 9.90. The van der Waals surface area contributed by atoms with Crippen molar-refractivity contribution in [1.29, 1.82) is 0 Å². The SMILES string of the molecule is CC(C)N1CCCC(CNC(=O)C2CCCCC2(C)N)C1.Cl.Cl. The molecule has 0 aromatic rings. The summed E-state index contributed by atoms with van der Waals surface area (Å²) in [5.41, 5.74) is 6.00. The second-order valence-electron chi connectivity index (χ2n) is 7.65. The van der Waals surface area contributed by atoms with E-state index in [0.29, 0.717) is 12.0 Å². The quantitative estimate of drug-likeness (QED) is 0.802. The summed E-state index contributed by atoms with van der Waals surface area (Å²) in [6, 6.07) is 0.606. The van der Waals surface area contributed by atoms with Crippen LogP contribution in [0.2, 0.25) is 0 Å². The van der Waals surface area contributed by atoms with E-state index in [1.807, 2.05) is 6.92 Å². The molecule has 0 spiro atoms. The van der Waals surface area contributed by atoms with Crippen LogP contribution in [0.15, 0.2) is 0 Å². The fraction of sp³-hybridized carbons (Fsp3) is 0.941. The van der Waals surface area contributed by atoms with E-state index in [0.717, 1.165) is 38.8 Å². The number of nitrogens with two attached hydrogens (primary N) is 1. The molecule has 2 rings (SSSR count). The lowest BCUT2D eigenvalue weighted by atomic mass is 9.74. The average molecular weight is 368 g/mol. The molecule has 1 aliphatic carbocycles. The Kier molecular flexibility index (Phi) is 10.1. The van der Waals surface area contributed by atoms with Crippen LogP contribution in [0.25, 0.3) is 0 Å². The smallest absolute Gasteiger partial charge is 0.224 e. The van der Waals surface area contributed by atoms with E-state index in [1.54, 1.807) is 0 Å². The van der Waals surface area contributed by atoms with Crippen molar-refractivity contribution in [2.45, 2.75) is 70.9 Å². The molecule has 1 saturated carbocycles. The lowest BCUT2D eigenvalue weighted by Crippen LogP contribution is -2.53. The summed E-state index contributed by atoms with van der Waals surface area (Å²) in [5, 5.41) is 3.19. The van der Waals surface area contributed by atoms with Crippen molar-refractivity contribution in [2.75, 3.05) is 19.6 Å². The number of rotatable bonds is 4. The largest absolute Gasteiger partial charge is 0.355 e. The minimum Gasteiger partial charge on any atom is -0.355 e. The number of carbonyl (C=O) groups is 1. The molecule has 1 heterocycles. The minimum absolute atomic E-state index is 0. The Bertz CT molecular complexity index is 364. The molecule has 1 aliphatic heterocycles. The van der Waals surface area contributed by atoms with Gasteiger partial charge in [0.15, 0.2) is 0 Å². The number of hydrogen-bond donors (Lipinski definition) is 2. The maximum absolute atomic E-state index is 12.5. The number of likely N-dealkylation sites (tertiary alicyclic amines) is 1. The number of nitrogens with zero attached hydrogens (tertiary/aromatic N) is 1. The second kappa shape index (κ2) is 10.1. The number of piperidine rings is 1. The molecule has 3 N–H and O–H groups in total. The van der Waals surface area contributed by atoms with Crippen LogP contribution in [0.1, 0.15) is 59.3 Å². The summed E-state index contributed by atoms with van der Waals surface area (Å²) in [4.78, 5) is 15.0. The summed E-state index contributed by atoms with van der Waals surface area (Å²) < 4.78 is 0. The molecule has 6 heteroatoms. The molecule has 3 unspecified atom stereocenters. The van der Waals surface area contributed by atoms with Gasteiger partial charge in [-0.25, -0.2) is 0 Å². The lowest BCUT2D eigenvalue weighted by molar-refractivity contribution is -0.128. The van der Waals surface area contributed by atoms with Gasteiger partial charge in [-0.15, -0.1) is 24.8 Å². The maximum Gasteiger partial charge on any atom is 0.224 e. The zero-order valence-corrected chi connectivity index (χ0v) is 16.5. The van der Waals surface area contributed by atoms with Crippen LogP contribution in [0.5, 0.6) is 0 Å². The topological polar surface area (TPSA) is 58.4 Å². The highest BCUT2D eigenvalue weighted by Crippen LogP contribution is 2.31. The molecule has 23 heavy (non-hydrogen) atoms. The number of hydrogen-bond acceptors (Lipinski definition) is 3.